The third-order valence-corrected chi connectivity index (χ3v) is 5.02. The van der Waals surface area contributed by atoms with Gasteiger partial charge in [-0.25, -0.2) is 13.4 Å². The van der Waals surface area contributed by atoms with Gasteiger partial charge in [0.15, 0.2) is 11.6 Å². The first kappa shape index (κ1) is 13.4. The molecule has 96 valence electrons. The van der Waals surface area contributed by atoms with E-state index >= 15 is 0 Å². The summed E-state index contributed by atoms with van der Waals surface area (Å²) in [6.07, 6.45) is 1.35. The number of halogens is 2. The molecule has 0 saturated carbocycles. The van der Waals surface area contributed by atoms with Crippen molar-refractivity contribution in [2.75, 3.05) is 4.72 Å². The molecule has 0 amide bonds. The van der Waals surface area contributed by atoms with Gasteiger partial charge < -0.3 is 5.11 Å². The Kier molecular flexibility index (Phi) is 3.67. The van der Waals surface area contributed by atoms with E-state index in [-0.39, 0.29) is 25.1 Å². The molecular formula is C9H6Cl2N2O3S2. The van der Waals surface area contributed by atoms with Crippen LogP contribution in [-0.2, 0) is 10.0 Å². The van der Waals surface area contributed by atoms with Gasteiger partial charge in [-0.1, -0.05) is 23.2 Å². The first-order valence-electron chi connectivity index (χ1n) is 4.52. The van der Waals surface area contributed by atoms with Crippen molar-refractivity contribution in [3.8, 4) is 5.75 Å². The van der Waals surface area contributed by atoms with Gasteiger partial charge in [0.05, 0.1) is 4.34 Å². The highest BCUT2D eigenvalue weighted by atomic mass is 35.5. The van der Waals surface area contributed by atoms with Crippen LogP contribution in [0.15, 0.2) is 29.3 Å². The summed E-state index contributed by atoms with van der Waals surface area (Å²) in [7, 11) is -3.92. The minimum atomic E-state index is -3.92. The van der Waals surface area contributed by atoms with Gasteiger partial charge in [0.25, 0.3) is 10.0 Å². The van der Waals surface area contributed by atoms with Crippen LogP contribution in [0, 0.1) is 0 Å². The summed E-state index contributed by atoms with van der Waals surface area (Å²) < 4.78 is 26.4. The predicted octanol–water partition coefficient (Wildman–Crippen LogP) is 2.96. The predicted molar refractivity (Wildman–Crippen MR) is 71.0 cm³/mol. The molecule has 2 aromatic rings. The molecule has 2 heterocycles. The number of nitrogens with one attached hydrogen (secondary N) is 1. The van der Waals surface area contributed by atoms with E-state index in [4.69, 9.17) is 23.2 Å². The molecule has 0 aliphatic heterocycles. The van der Waals surface area contributed by atoms with Gasteiger partial charge in [0, 0.05) is 6.20 Å². The van der Waals surface area contributed by atoms with E-state index in [2.05, 4.69) is 9.71 Å². The summed E-state index contributed by atoms with van der Waals surface area (Å²) in [4.78, 5) is 3.56. The first-order chi connectivity index (χ1) is 8.40. The van der Waals surface area contributed by atoms with E-state index in [1.165, 1.54) is 24.4 Å². The van der Waals surface area contributed by atoms with Crippen LogP contribution in [0.4, 0.5) is 5.82 Å². The Bertz CT molecular complexity index is 685. The Morgan fingerprint density at radius 3 is 2.67 bits per heavy atom. The summed E-state index contributed by atoms with van der Waals surface area (Å²) in [6.45, 7) is 0. The molecule has 18 heavy (non-hydrogen) atoms. The molecule has 0 saturated heterocycles. The molecule has 2 aromatic heterocycles. The van der Waals surface area contributed by atoms with Gasteiger partial charge in [-0.3, -0.25) is 4.72 Å². The van der Waals surface area contributed by atoms with Crippen molar-refractivity contribution < 1.29 is 13.5 Å². The largest absolute Gasteiger partial charge is 0.504 e. The molecule has 0 unspecified atom stereocenters. The number of aromatic nitrogens is 1. The van der Waals surface area contributed by atoms with Crippen molar-refractivity contribution in [2.24, 2.45) is 0 Å². The molecular weight excluding hydrogens is 319 g/mol. The number of aromatic hydroxyl groups is 1. The maximum absolute atomic E-state index is 12.0. The SMILES string of the molecule is O=S(=O)(Nc1ncccc1O)c1cc(Cl)sc1Cl. The van der Waals surface area contributed by atoms with Crippen molar-refractivity contribution in [1.82, 2.24) is 4.98 Å². The lowest BCUT2D eigenvalue weighted by Gasteiger charge is -2.07. The quantitative estimate of drug-likeness (QED) is 0.909. The number of nitrogens with zero attached hydrogens (tertiary/aromatic N) is 1. The molecule has 0 bridgehead atoms. The second-order valence-electron chi connectivity index (χ2n) is 3.17. The molecule has 0 radical (unpaired) electrons. The maximum atomic E-state index is 12.0. The fourth-order valence-electron chi connectivity index (χ4n) is 1.17. The summed E-state index contributed by atoms with van der Waals surface area (Å²) in [5.74, 6) is -0.450. The fourth-order valence-corrected chi connectivity index (χ4v) is 4.34. The van der Waals surface area contributed by atoms with Crippen molar-refractivity contribution in [3.05, 3.63) is 33.1 Å². The number of thiophene rings is 1. The van der Waals surface area contributed by atoms with Gasteiger partial charge >= 0.3 is 0 Å². The highest BCUT2D eigenvalue weighted by molar-refractivity contribution is 7.93. The number of hydrogen-bond acceptors (Lipinski definition) is 5. The number of rotatable bonds is 3. The van der Waals surface area contributed by atoms with E-state index in [0.717, 1.165) is 11.3 Å². The first-order valence-corrected chi connectivity index (χ1v) is 7.57. The summed E-state index contributed by atoms with van der Waals surface area (Å²) in [5, 5.41) is 9.45. The van der Waals surface area contributed by atoms with E-state index in [1.54, 1.807) is 0 Å². The number of hydrogen-bond donors (Lipinski definition) is 2. The van der Waals surface area contributed by atoms with E-state index in [1.807, 2.05) is 0 Å². The Labute approximate surface area is 117 Å². The van der Waals surface area contributed by atoms with Gasteiger partial charge in [-0.2, -0.15) is 0 Å². The van der Waals surface area contributed by atoms with Crippen LogP contribution in [0.5, 0.6) is 5.75 Å². The monoisotopic (exact) mass is 324 g/mol. The molecule has 5 nitrogen and oxygen atoms in total. The standard InChI is InChI=1S/C9H6Cl2N2O3S2/c10-7-4-6(8(11)17-7)18(15,16)13-9-5(14)2-1-3-12-9/h1-4,14H,(H,12,13). The molecule has 9 heteroatoms. The Hall–Kier alpha value is -1.02. The summed E-state index contributed by atoms with van der Waals surface area (Å²) in [6, 6.07) is 4.02. The lowest BCUT2D eigenvalue weighted by molar-refractivity contribution is 0.475. The zero-order valence-corrected chi connectivity index (χ0v) is 11.7. The van der Waals surface area contributed by atoms with Crippen LogP contribution >= 0.6 is 34.5 Å². The summed E-state index contributed by atoms with van der Waals surface area (Å²) in [5.41, 5.74) is 0. The lowest BCUT2D eigenvalue weighted by Crippen LogP contribution is -2.13. The Morgan fingerprint density at radius 1 is 1.39 bits per heavy atom. The topological polar surface area (TPSA) is 79.3 Å². The van der Waals surface area contributed by atoms with Crippen molar-refractivity contribution >= 4 is 50.4 Å². The van der Waals surface area contributed by atoms with E-state index < -0.39 is 10.0 Å². The van der Waals surface area contributed by atoms with Crippen LogP contribution in [0.2, 0.25) is 8.67 Å². The fraction of sp³-hybridized carbons (Fsp3) is 0. The molecule has 0 atom stereocenters. The zero-order valence-electron chi connectivity index (χ0n) is 8.59. The average Bonchev–Trinajstić information content (AvgIpc) is 2.62. The van der Waals surface area contributed by atoms with Gasteiger partial charge in [-0.05, 0) is 18.2 Å². The number of anilines is 1. The van der Waals surface area contributed by atoms with E-state index in [0.29, 0.717) is 0 Å². The van der Waals surface area contributed by atoms with Gasteiger partial charge in [0.2, 0.25) is 0 Å². The smallest absolute Gasteiger partial charge is 0.265 e. The van der Waals surface area contributed by atoms with E-state index in [9.17, 15) is 13.5 Å². The van der Waals surface area contributed by atoms with Gasteiger partial charge in [-0.15, -0.1) is 11.3 Å². The normalized spacial score (nSPS) is 11.4. The molecule has 2 rings (SSSR count). The minimum Gasteiger partial charge on any atom is -0.504 e. The highest BCUT2D eigenvalue weighted by Gasteiger charge is 2.22. The number of sulfonamides is 1. The third-order valence-electron chi connectivity index (χ3n) is 1.93. The van der Waals surface area contributed by atoms with Crippen LogP contribution < -0.4 is 4.72 Å². The zero-order chi connectivity index (χ0) is 13.3. The molecule has 0 aromatic carbocycles. The lowest BCUT2D eigenvalue weighted by atomic mass is 10.4. The van der Waals surface area contributed by atoms with Crippen molar-refractivity contribution in [3.63, 3.8) is 0 Å². The maximum Gasteiger partial charge on any atom is 0.265 e. The van der Waals surface area contributed by atoms with Crippen LogP contribution in [0.25, 0.3) is 0 Å². The Balaban J connectivity index is 2.40. The molecule has 2 N–H and O–H groups in total. The third kappa shape index (κ3) is 2.69. The molecule has 0 spiro atoms. The Morgan fingerprint density at radius 2 is 2.11 bits per heavy atom. The van der Waals surface area contributed by atoms with Crippen LogP contribution in [-0.4, -0.2) is 18.5 Å². The van der Waals surface area contributed by atoms with Crippen LogP contribution in [0.1, 0.15) is 0 Å². The highest BCUT2D eigenvalue weighted by Crippen LogP contribution is 2.35. The van der Waals surface area contributed by atoms with Crippen molar-refractivity contribution in [1.29, 1.82) is 0 Å². The second-order valence-corrected chi connectivity index (χ2v) is 7.10. The second kappa shape index (κ2) is 4.93. The number of pyridine rings is 1. The molecule has 0 aliphatic rings. The average molecular weight is 325 g/mol. The molecule has 0 fully saturated rings. The van der Waals surface area contributed by atoms with Crippen LogP contribution in [0.3, 0.4) is 0 Å². The minimum absolute atomic E-state index is 0.0444. The molecule has 0 aliphatic carbocycles. The van der Waals surface area contributed by atoms with Crippen molar-refractivity contribution in [2.45, 2.75) is 4.90 Å². The summed E-state index contributed by atoms with van der Waals surface area (Å²) >= 11 is 12.4. The van der Waals surface area contributed by atoms with Gasteiger partial charge in [0.1, 0.15) is 9.23 Å².